The van der Waals surface area contributed by atoms with E-state index >= 15 is 0 Å². The van der Waals surface area contributed by atoms with Crippen molar-refractivity contribution in [2.75, 3.05) is 10.5 Å². The summed E-state index contributed by atoms with van der Waals surface area (Å²) in [5.41, 5.74) is 0. The third-order valence-electron chi connectivity index (χ3n) is 1.02. The van der Waals surface area contributed by atoms with Gasteiger partial charge in [-0.25, -0.2) is 8.42 Å². The lowest BCUT2D eigenvalue weighted by molar-refractivity contribution is 0.604. The zero-order valence-corrected chi connectivity index (χ0v) is 6.80. The van der Waals surface area contributed by atoms with Gasteiger partial charge in [-0.2, -0.15) is 10.4 Å². The summed E-state index contributed by atoms with van der Waals surface area (Å²) >= 11 is 0. The smallest absolute Gasteiger partial charge is 0.247 e. The van der Waals surface area contributed by atoms with Gasteiger partial charge in [0.05, 0.1) is 12.3 Å². The molecule has 0 saturated heterocycles. The summed E-state index contributed by atoms with van der Waals surface area (Å²) in [6, 6.07) is 2.99. The summed E-state index contributed by atoms with van der Waals surface area (Å²) in [7, 11) is -3.54. The van der Waals surface area contributed by atoms with Gasteiger partial charge in [-0.05, 0) is 0 Å². The van der Waals surface area contributed by atoms with E-state index in [0.717, 1.165) is 0 Å². The van der Waals surface area contributed by atoms with E-state index in [0.29, 0.717) is 0 Å². The fourth-order valence-electron chi connectivity index (χ4n) is 0.601. The van der Waals surface area contributed by atoms with E-state index in [1.54, 1.807) is 0 Å². The topological polar surface area (TPSA) is 98.6 Å². The zero-order chi connectivity index (χ0) is 9.03. The van der Waals surface area contributed by atoms with E-state index in [1.807, 2.05) is 0 Å². The van der Waals surface area contributed by atoms with Crippen molar-refractivity contribution in [1.82, 2.24) is 10.2 Å². The fourth-order valence-corrected chi connectivity index (χ4v) is 1.29. The van der Waals surface area contributed by atoms with Crippen LogP contribution < -0.4 is 4.72 Å². The molecule has 0 radical (unpaired) electrons. The number of anilines is 1. The Morgan fingerprint density at radius 1 is 1.75 bits per heavy atom. The van der Waals surface area contributed by atoms with Crippen LogP contribution in [0.15, 0.2) is 12.3 Å². The molecule has 0 aliphatic carbocycles. The predicted octanol–water partition coefficient (Wildman–Crippen LogP) is -0.325. The molecule has 64 valence electrons. The summed E-state index contributed by atoms with van der Waals surface area (Å²) in [4.78, 5) is 0. The molecule has 0 saturated carbocycles. The van der Waals surface area contributed by atoms with Gasteiger partial charge in [0.2, 0.25) is 10.0 Å². The number of hydrogen-bond acceptors (Lipinski definition) is 4. The number of sulfonamides is 1. The third kappa shape index (κ3) is 2.25. The molecule has 0 atom stereocenters. The van der Waals surface area contributed by atoms with Gasteiger partial charge >= 0.3 is 0 Å². The summed E-state index contributed by atoms with van der Waals surface area (Å²) < 4.78 is 24.0. The highest BCUT2D eigenvalue weighted by Crippen LogP contribution is 2.01. The average molecular weight is 186 g/mol. The van der Waals surface area contributed by atoms with Gasteiger partial charge in [0.1, 0.15) is 5.82 Å². The Kier molecular flexibility index (Phi) is 2.30. The van der Waals surface area contributed by atoms with E-state index in [9.17, 15) is 8.42 Å². The van der Waals surface area contributed by atoms with Gasteiger partial charge in [-0.1, -0.05) is 0 Å². The Morgan fingerprint density at radius 3 is 3.00 bits per heavy atom. The molecular formula is C5H6N4O2S. The molecule has 0 aromatic carbocycles. The van der Waals surface area contributed by atoms with E-state index < -0.39 is 15.8 Å². The lowest BCUT2D eigenvalue weighted by atomic mass is 10.7. The van der Waals surface area contributed by atoms with Gasteiger partial charge in [-0.15, -0.1) is 0 Å². The number of aromatic amines is 1. The Bertz CT molecular complexity index is 374. The van der Waals surface area contributed by atoms with Crippen molar-refractivity contribution < 1.29 is 8.42 Å². The summed E-state index contributed by atoms with van der Waals surface area (Å²) in [5, 5.41) is 14.1. The first-order chi connectivity index (χ1) is 5.64. The van der Waals surface area contributed by atoms with E-state index in [1.165, 1.54) is 18.3 Å². The Morgan fingerprint density at radius 2 is 2.50 bits per heavy atom. The molecule has 1 rings (SSSR count). The van der Waals surface area contributed by atoms with Gasteiger partial charge < -0.3 is 0 Å². The van der Waals surface area contributed by atoms with Crippen LogP contribution in [-0.2, 0) is 10.0 Å². The number of nitrogens with zero attached hydrogens (tertiary/aromatic N) is 2. The molecule has 1 aromatic heterocycles. The number of rotatable bonds is 3. The Hall–Kier alpha value is -1.55. The van der Waals surface area contributed by atoms with Gasteiger partial charge in [0.15, 0.2) is 5.75 Å². The van der Waals surface area contributed by atoms with Crippen LogP contribution in [0.4, 0.5) is 5.82 Å². The Balaban J connectivity index is 2.71. The minimum absolute atomic E-state index is 0.255. The average Bonchev–Trinajstić information content (AvgIpc) is 2.38. The summed E-state index contributed by atoms with van der Waals surface area (Å²) in [6.07, 6.45) is 1.41. The molecule has 2 N–H and O–H groups in total. The van der Waals surface area contributed by atoms with E-state index in [2.05, 4.69) is 14.9 Å². The molecule has 6 nitrogen and oxygen atoms in total. The number of nitriles is 1. The second kappa shape index (κ2) is 3.23. The van der Waals surface area contributed by atoms with Gasteiger partial charge in [0.25, 0.3) is 0 Å². The van der Waals surface area contributed by atoms with Crippen LogP contribution >= 0.6 is 0 Å². The third-order valence-corrected chi connectivity index (χ3v) is 2.06. The largest absolute Gasteiger partial charge is 0.267 e. The molecule has 0 bridgehead atoms. The molecule has 0 aliphatic heterocycles. The van der Waals surface area contributed by atoms with Crippen molar-refractivity contribution in [3.05, 3.63) is 12.3 Å². The van der Waals surface area contributed by atoms with Gasteiger partial charge in [-0.3, -0.25) is 9.82 Å². The monoisotopic (exact) mass is 186 g/mol. The van der Waals surface area contributed by atoms with Crippen LogP contribution in [0.2, 0.25) is 0 Å². The van der Waals surface area contributed by atoms with Crippen molar-refractivity contribution in [1.29, 1.82) is 5.26 Å². The first-order valence-electron chi connectivity index (χ1n) is 3.01. The zero-order valence-electron chi connectivity index (χ0n) is 5.98. The molecule has 0 fully saturated rings. The second-order valence-electron chi connectivity index (χ2n) is 1.99. The molecule has 7 heteroatoms. The highest BCUT2D eigenvalue weighted by Gasteiger charge is 2.09. The number of aromatic nitrogens is 2. The standard InChI is InChI=1S/C5H6N4O2S/c6-2-4-12(10,11)9-5-1-3-7-8-5/h1,3H,4H2,(H2,7,8,9). The predicted molar refractivity (Wildman–Crippen MR) is 41.6 cm³/mol. The molecule has 1 heterocycles. The highest BCUT2D eigenvalue weighted by molar-refractivity contribution is 7.92. The molecule has 0 spiro atoms. The van der Waals surface area contributed by atoms with Crippen molar-refractivity contribution in [2.24, 2.45) is 0 Å². The van der Waals surface area contributed by atoms with E-state index in [-0.39, 0.29) is 5.82 Å². The number of H-pyrrole nitrogens is 1. The Labute approximate surface area is 69.3 Å². The van der Waals surface area contributed by atoms with Gasteiger partial charge in [0, 0.05) is 6.07 Å². The molecular weight excluding hydrogens is 180 g/mol. The van der Waals surface area contributed by atoms with Crippen molar-refractivity contribution in [3.63, 3.8) is 0 Å². The molecule has 0 amide bonds. The van der Waals surface area contributed by atoms with Crippen LogP contribution in [0.25, 0.3) is 0 Å². The maximum atomic E-state index is 10.9. The molecule has 0 aliphatic rings. The van der Waals surface area contributed by atoms with Crippen molar-refractivity contribution in [3.8, 4) is 6.07 Å². The van der Waals surface area contributed by atoms with Crippen LogP contribution in [0, 0.1) is 11.3 Å². The SMILES string of the molecule is N#CCS(=O)(=O)Nc1ccn[nH]1. The quantitative estimate of drug-likeness (QED) is 0.675. The number of nitrogens with one attached hydrogen (secondary N) is 2. The summed E-state index contributed by atoms with van der Waals surface area (Å²) in [5.74, 6) is -0.309. The maximum Gasteiger partial charge on any atom is 0.247 e. The number of hydrogen-bond donors (Lipinski definition) is 2. The summed E-state index contributed by atoms with van der Waals surface area (Å²) in [6.45, 7) is 0. The lowest BCUT2D eigenvalue weighted by Crippen LogP contribution is -2.15. The minimum atomic E-state index is -3.54. The van der Waals surface area contributed by atoms with Crippen LogP contribution in [0.5, 0.6) is 0 Å². The van der Waals surface area contributed by atoms with Crippen LogP contribution in [0.1, 0.15) is 0 Å². The van der Waals surface area contributed by atoms with Crippen LogP contribution in [-0.4, -0.2) is 24.4 Å². The molecule has 12 heavy (non-hydrogen) atoms. The van der Waals surface area contributed by atoms with Crippen LogP contribution in [0.3, 0.4) is 0 Å². The highest BCUT2D eigenvalue weighted by atomic mass is 32.2. The first-order valence-corrected chi connectivity index (χ1v) is 4.66. The molecule has 1 aromatic rings. The fraction of sp³-hybridized carbons (Fsp3) is 0.200. The minimum Gasteiger partial charge on any atom is -0.267 e. The first kappa shape index (κ1) is 8.55. The van der Waals surface area contributed by atoms with Crippen molar-refractivity contribution in [2.45, 2.75) is 0 Å². The van der Waals surface area contributed by atoms with Crippen molar-refractivity contribution >= 4 is 15.8 Å². The van der Waals surface area contributed by atoms with E-state index in [4.69, 9.17) is 5.26 Å². The molecule has 0 unspecified atom stereocenters. The maximum absolute atomic E-state index is 10.9. The lowest BCUT2D eigenvalue weighted by Gasteiger charge is -1.99. The normalized spacial score (nSPS) is 10.6. The second-order valence-corrected chi connectivity index (χ2v) is 3.71.